The van der Waals surface area contributed by atoms with Crippen LogP contribution in [0.15, 0.2) is 64.1 Å². The predicted molar refractivity (Wildman–Crippen MR) is 92.8 cm³/mol. The Bertz CT molecular complexity index is 848. The van der Waals surface area contributed by atoms with E-state index in [1.54, 1.807) is 17.6 Å². The summed E-state index contributed by atoms with van der Waals surface area (Å²) in [5.74, 6) is -0.958. The highest BCUT2D eigenvalue weighted by molar-refractivity contribution is 7.08. The summed E-state index contributed by atoms with van der Waals surface area (Å²) in [5, 5.41) is 23.3. The van der Waals surface area contributed by atoms with Crippen LogP contribution in [0.2, 0.25) is 0 Å². The summed E-state index contributed by atoms with van der Waals surface area (Å²) in [4.78, 5) is 14.8. The van der Waals surface area contributed by atoms with Crippen molar-refractivity contribution >= 4 is 34.9 Å². The lowest BCUT2D eigenvalue weighted by Crippen LogP contribution is -2.17. The van der Waals surface area contributed by atoms with Gasteiger partial charge in [0.15, 0.2) is 0 Å². The maximum absolute atomic E-state index is 10.7. The van der Waals surface area contributed by atoms with Crippen LogP contribution in [0, 0.1) is 5.41 Å². The van der Waals surface area contributed by atoms with Gasteiger partial charge in [0.1, 0.15) is 11.5 Å². The van der Waals surface area contributed by atoms with Gasteiger partial charge in [0.25, 0.3) is 0 Å². The van der Waals surface area contributed by atoms with E-state index in [1.165, 1.54) is 6.08 Å². The molecule has 0 bridgehead atoms. The first kappa shape index (κ1) is 14.9. The second-order valence-corrected chi connectivity index (χ2v) is 5.60. The smallest absolute Gasteiger partial charge is 0.353 e. The Morgan fingerprint density at radius 2 is 2.09 bits per heavy atom. The van der Waals surface area contributed by atoms with Crippen molar-refractivity contribution in [3.63, 3.8) is 0 Å². The molecule has 1 aromatic carbocycles. The number of thiophene rings is 1. The third-order valence-corrected chi connectivity index (χ3v) is 3.94. The van der Waals surface area contributed by atoms with E-state index in [9.17, 15) is 4.79 Å². The average Bonchev–Trinajstić information content (AvgIpc) is 3.10. The lowest BCUT2D eigenvalue weighted by Gasteiger charge is -2.15. The van der Waals surface area contributed by atoms with Crippen LogP contribution < -0.4 is 5.32 Å². The fourth-order valence-electron chi connectivity index (χ4n) is 2.14. The Morgan fingerprint density at radius 1 is 1.26 bits per heavy atom. The summed E-state index contributed by atoms with van der Waals surface area (Å²) < 4.78 is 0. The van der Waals surface area contributed by atoms with Crippen LogP contribution >= 0.6 is 11.3 Å². The van der Waals surface area contributed by atoms with Crippen molar-refractivity contribution in [3.05, 3.63) is 64.6 Å². The molecule has 0 fully saturated rings. The number of benzene rings is 1. The fourth-order valence-corrected chi connectivity index (χ4v) is 2.80. The maximum atomic E-state index is 10.7. The first-order valence-electron chi connectivity index (χ1n) is 6.81. The Morgan fingerprint density at radius 3 is 2.83 bits per heavy atom. The Labute approximate surface area is 136 Å². The van der Waals surface area contributed by atoms with E-state index in [0.717, 1.165) is 22.4 Å². The molecule has 5 nitrogen and oxygen atoms in total. The highest BCUT2D eigenvalue weighted by Gasteiger charge is 2.11. The molecule has 6 heteroatoms. The lowest BCUT2D eigenvalue weighted by molar-refractivity contribution is -0.129. The first-order chi connectivity index (χ1) is 11.1. The molecular formula is C17H13N3O2S. The molecule has 2 aromatic rings. The average molecular weight is 323 g/mol. The van der Waals surface area contributed by atoms with Gasteiger partial charge in [-0.05, 0) is 45.7 Å². The number of carbonyl (C=O) groups is 1. The molecule has 0 aliphatic carbocycles. The normalized spacial score (nSPS) is 15.1. The van der Waals surface area contributed by atoms with Crippen molar-refractivity contribution in [2.45, 2.75) is 0 Å². The monoisotopic (exact) mass is 323 g/mol. The van der Waals surface area contributed by atoms with Crippen LogP contribution in [0.1, 0.15) is 5.56 Å². The number of nitrogens with zero attached hydrogens (tertiary/aromatic N) is 1. The molecule has 1 aliphatic rings. The van der Waals surface area contributed by atoms with E-state index < -0.39 is 11.7 Å². The van der Waals surface area contributed by atoms with Gasteiger partial charge in [-0.1, -0.05) is 18.2 Å². The molecule has 0 amide bonds. The zero-order chi connectivity index (χ0) is 16.2. The van der Waals surface area contributed by atoms with Gasteiger partial charge in [0.2, 0.25) is 0 Å². The molecule has 1 aliphatic heterocycles. The van der Waals surface area contributed by atoms with Gasteiger partial charge in [-0.3, -0.25) is 5.41 Å². The predicted octanol–water partition coefficient (Wildman–Crippen LogP) is 3.38. The molecule has 0 saturated carbocycles. The molecule has 0 spiro atoms. The molecule has 0 radical (unpaired) electrons. The highest BCUT2D eigenvalue weighted by Crippen LogP contribution is 2.25. The largest absolute Gasteiger partial charge is 0.477 e. The lowest BCUT2D eigenvalue weighted by atomic mass is 10.0. The second kappa shape index (κ2) is 6.41. The Kier molecular flexibility index (Phi) is 4.16. The van der Waals surface area contributed by atoms with Crippen molar-refractivity contribution in [2.75, 3.05) is 0 Å². The van der Waals surface area contributed by atoms with Gasteiger partial charge in [-0.2, -0.15) is 11.3 Å². The number of aliphatic imine (C=N–C) groups is 1. The van der Waals surface area contributed by atoms with E-state index in [4.69, 9.17) is 10.5 Å². The summed E-state index contributed by atoms with van der Waals surface area (Å²) in [7, 11) is 0. The maximum Gasteiger partial charge on any atom is 0.353 e. The molecule has 1 aromatic heterocycles. The van der Waals surface area contributed by atoms with Crippen molar-refractivity contribution < 1.29 is 9.90 Å². The van der Waals surface area contributed by atoms with Crippen LogP contribution in [0.25, 0.3) is 16.8 Å². The number of carboxylic acid groups (broad SMARTS) is 1. The Balaban J connectivity index is 1.87. The van der Waals surface area contributed by atoms with Crippen molar-refractivity contribution in [1.29, 1.82) is 5.41 Å². The summed E-state index contributed by atoms with van der Waals surface area (Å²) in [5.41, 5.74) is 3.52. The highest BCUT2D eigenvalue weighted by atomic mass is 32.1. The van der Waals surface area contributed by atoms with Gasteiger partial charge in [0, 0.05) is 18.0 Å². The summed E-state index contributed by atoms with van der Waals surface area (Å²) in [6.45, 7) is 0. The van der Waals surface area contributed by atoms with Gasteiger partial charge in [0.05, 0.1) is 0 Å². The third-order valence-electron chi connectivity index (χ3n) is 3.26. The van der Waals surface area contributed by atoms with E-state index in [-0.39, 0.29) is 0 Å². The van der Waals surface area contributed by atoms with Gasteiger partial charge >= 0.3 is 5.97 Å². The zero-order valence-electron chi connectivity index (χ0n) is 12.0. The number of aliphatic carboxylic acids is 1. The quantitative estimate of drug-likeness (QED) is 0.754. The molecule has 3 rings (SSSR count). The third kappa shape index (κ3) is 3.44. The summed E-state index contributed by atoms with van der Waals surface area (Å²) in [6, 6.07) is 10.1. The number of carboxylic acids is 1. The molecular weight excluding hydrogens is 310 g/mol. The van der Waals surface area contributed by atoms with Crippen molar-refractivity contribution in [2.24, 2.45) is 4.99 Å². The molecule has 2 heterocycles. The summed E-state index contributed by atoms with van der Waals surface area (Å²) in [6.07, 6.45) is 4.59. The number of rotatable bonds is 4. The fraction of sp³-hybridized carbons (Fsp3) is 0. The number of hydrogen-bond acceptors (Lipinski definition) is 5. The van der Waals surface area contributed by atoms with E-state index in [2.05, 4.69) is 27.8 Å². The van der Waals surface area contributed by atoms with Crippen molar-refractivity contribution in [3.8, 4) is 11.1 Å². The van der Waals surface area contributed by atoms with Crippen LogP contribution in [-0.4, -0.2) is 23.0 Å². The first-order valence-corrected chi connectivity index (χ1v) is 7.76. The van der Waals surface area contributed by atoms with Crippen LogP contribution in [0.5, 0.6) is 0 Å². The van der Waals surface area contributed by atoms with Gasteiger partial charge in [-0.25, -0.2) is 9.79 Å². The minimum Gasteiger partial charge on any atom is -0.477 e. The minimum absolute atomic E-state index is 0.329. The Hall–Kier alpha value is -2.99. The molecule has 0 atom stereocenters. The van der Waals surface area contributed by atoms with Gasteiger partial charge in [-0.15, -0.1) is 0 Å². The van der Waals surface area contributed by atoms with E-state index in [0.29, 0.717) is 5.82 Å². The number of hydrogen-bond donors (Lipinski definition) is 3. The topological polar surface area (TPSA) is 85.5 Å². The molecule has 23 heavy (non-hydrogen) atoms. The standard InChI is InChI=1S/C17H13N3O2S/c18-14(17(21)22)9-16-19-6-4-15(20-16)12-3-1-2-11(8-12)13-5-7-23-10-13/h1-10,18,20H,(H,21,22)/b16-9-,18-14?. The van der Waals surface area contributed by atoms with Crippen molar-refractivity contribution in [1.82, 2.24) is 5.32 Å². The molecule has 114 valence electrons. The number of allylic oxidation sites excluding steroid dienone is 1. The van der Waals surface area contributed by atoms with E-state index >= 15 is 0 Å². The zero-order valence-corrected chi connectivity index (χ0v) is 12.8. The van der Waals surface area contributed by atoms with E-state index in [1.807, 2.05) is 29.7 Å². The van der Waals surface area contributed by atoms with Crippen LogP contribution in [0.4, 0.5) is 0 Å². The van der Waals surface area contributed by atoms with Gasteiger partial charge < -0.3 is 10.4 Å². The SMILES string of the molecule is N=C(/C=C1/N=CC=C(c2cccc(-c3ccsc3)c2)N1)C(=O)O. The van der Waals surface area contributed by atoms with Crippen LogP contribution in [-0.2, 0) is 4.79 Å². The molecule has 3 N–H and O–H groups in total. The van der Waals surface area contributed by atoms with Crippen LogP contribution in [0.3, 0.4) is 0 Å². The molecule has 0 saturated heterocycles. The minimum atomic E-state index is -1.29. The summed E-state index contributed by atoms with van der Waals surface area (Å²) >= 11 is 1.65. The number of nitrogens with one attached hydrogen (secondary N) is 2. The molecule has 0 unspecified atom stereocenters. The second-order valence-electron chi connectivity index (χ2n) is 4.82.